The molecule has 0 atom stereocenters. The predicted octanol–water partition coefficient (Wildman–Crippen LogP) is -3.58. The lowest BCUT2D eigenvalue weighted by molar-refractivity contribution is -0.0863. The molecule has 10 N–H and O–H groups in total. The van der Waals surface area contributed by atoms with E-state index < -0.39 is 18.1 Å². The maximum Gasteiger partial charge on any atom is 0.232 e. The summed E-state index contributed by atoms with van der Waals surface area (Å²) in [6.45, 7) is 0. The fraction of sp³-hybridized carbons (Fsp3) is 1.00. The third-order valence-corrected chi connectivity index (χ3v) is 1.23. The topological polar surface area (TPSA) is 149 Å². The van der Waals surface area contributed by atoms with Gasteiger partial charge in [0, 0.05) is 0 Å². The Morgan fingerprint density at radius 3 is 1.30 bits per heavy atom. The number of hydrogen-bond donors (Lipinski definition) is 5. The maximum atomic E-state index is 5.25. The fourth-order valence-electron chi connectivity index (χ4n) is 0.593. The van der Waals surface area contributed by atoms with E-state index in [0.29, 0.717) is 0 Å². The molecule has 0 radical (unpaired) electrons. The summed E-state index contributed by atoms with van der Waals surface area (Å²) in [5, 5.41) is 0. The summed E-state index contributed by atoms with van der Waals surface area (Å²) >= 11 is 0. The summed E-state index contributed by atoms with van der Waals surface area (Å²) < 4.78 is 9.25. The molecule has 7 heteroatoms. The fourth-order valence-corrected chi connectivity index (χ4v) is 0.593. The van der Waals surface area contributed by atoms with E-state index in [1.54, 1.807) is 0 Å². The Bertz CT molecular complexity index is 130. The second-order valence-electron chi connectivity index (χ2n) is 2.19. The van der Waals surface area contributed by atoms with E-state index in [-0.39, 0.29) is 0 Å². The lowest BCUT2D eigenvalue weighted by atomic mass is 10.3. The van der Waals surface area contributed by atoms with Gasteiger partial charge in [-0.1, -0.05) is 0 Å². The van der Waals surface area contributed by atoms with E-state index in [4.69, 9.17) is 28.7 Å². The lowest BCUT2D eigenvalue weighted by Crippen LogP contribution is -2.74. The zero-order valence-corrected chi connectivity index (χ0v) is 5.28. The summed E-state index contributed by atoms with van der Waals surface area (Å²) in [5.74, 6) is -3.46. The smallest absolute Gasteiger partial charge is 0.232 e. The van der Waals surface area contributed by atoms with E-state index in [2.05, 4.69) is 9.47 Å². The van der Waals surface area contributed by atoms with Crippen molar-refractivity contribution in [1.82, 2.24) is 0 Å². The SMILES string of the molecule is NC1OC(N)(N)C(N)(N)O1. The van der Waals surface area contributed by atoms with E-state index >= 15 is 0 Å². The summed E-state index contributed by atoms with van der Waals surface area (Å²) in [6, 6.07) is 0. The normalized spacial score (nSPS) is 30.9. The molecule has 0 aromatic rings. The van der Waals surface area contributed by atoms with E-state index in [1.165, 1.54) is 0 Å². The molecule has 1 saturated heterocycles. The van der Waals surface area contributed by atoms with Crippen molar-refractivity contribution >= 4 is 0 Å². The molecule has 0 spiro atoms. The molecule has 0 aliphatic carbocycles. The second-order valence-corrected chi connectivity index (χ2v) is 2.19. The van der Waals surface area contributed by atoms with Crippen LogP contribution in [0.2, 0.25) is 0 Å². The minimum absolute atomic E-state index is 1.06. The van der Waals surface area contributed by atoms with Crippen LogP contribution in [0.15, 0.2) is 0 Å². The van der Waals surface area contributed by atoms with Crippen LogP contribution in [0.5, 0.6) is 0 Å². The maximum absolute atomic E-state index is 5.25. The standard InChI is InChI=1S/C3H11N5O2/c4-1-9-2(5,6)3(7,8)10-1/h1H,4-8H2. The van der Waals surface area contributed by atoms with Gasteiger partial charge in [-0.15, -0.1) is 0 Å². The van der Waals surface area contributed by atoms with Crippen molar-refractivity contribution in [3.8, 4) is 0 Å². The molecular formula is C3H11N5O2. The average Bonchev–Trinajstić information content (AvgIpc) is 1.73. The Kier molecular flexibility index (Phi) is 1.45. The van der Waals surface area contributed by atoms with Crippen molar-refractivity contribution in [1.29, 1.82) is 0 Å². The number of hydrogen-bond acceptors (Lipinski definition) is 7. The van der Waals surface area contributed by atoms with E-state index in [0.717, 1.165) is 0 Å². The van der Waals surface area contributed by atoms with Crippen LogP contribution in [0.1, 0.15) is 0 Å². The summed E-state index contributed by atoms with van der Waals surface area (Å²) in [5.41, 5.74) is 26.1. The average molecular weight is 149 g/mol. The molecular weight excluding hydrogens is 138 g/mol. The van der Waals surface area contributed by atoms with Gasteiger partial charge in [0.05, 0.1) is 0 Å². The number of ether oxygens (including phenoxy) is 2. The predicted molar refractivity (Wildman–Crippen MR) is 32.4 cm³/mol. The molecule has 7 nitrogen and oxygen atoms in total. The molecule has 1 aliphatic heterocycles. The Balaban J connectivity index is 2.78. The largest absolute Gasteiger partial charge is 0.299 e. The van der Waals surface area contributed by atoms with Crippen LogP contribution in [0, 0.1) is 0 Å². The first-order valence-corrected chi connectivity index (χ1v) is 2.62. The lowest BCUT2D eigenvalue weighted by Gasteiger charge is -2.28. The molecule has 0 saturated carbocycles. The first-order valence-electron chi connectivity index (χ1n) is 2.62. The highest BCUT2D eigenvalue weighted by molar-refractivity contribution is 4.88. The zero-order chi connectivity index (χ0) is 7.99. The first kappa shape index (κ1) is 7.82. The third-order valence-electron chi connectivity index (χ3n) is 1.23. The summed E-state index contributed by atoms with van der Waals surface area (Å²) in [7, 11) is 0. The van der Waals surface area contributed by atoms with Gasteiger partial charge in [-0.25, -0.2) is 0 Å². The molecule has 1 rings (SSSR count). The highest BCUT2D eigenvalue weighted by Crippen LogP contribution is 2.19. The molecule has 0 unspecified atom stereocenters. The van der Waals surface area contributed by atoms with Crippen molar-refractivity contribution in [2.75, 3.05) is 0 Å². The minimum Gasteiger partial charge on any atom is -0.299 e. The Morgan fingerprint density at radius 1 is 0.900 bits per heavy atom. The van der Waals surface area contributed by atoms with Gasteiger partial charge in [0.25, 0.3) is 0 Å². The van der Waals surface area contributed by atoms with Crippen molar-refractivity contribution < 1.29 is 9.47 Å². The highest BCUT2D eigenvalue weighted by Gasteiger charge is 2.52. The van der Waals surface area contributed by atoms with Crippen molar-refractivity contribution in [3.05, 3.63) is 0 Å². The monoisotopic (exact) mass is 149 g/mol. The minimum atomic E-state index is -1.73. The number of rotatable bonds is 0. The van der Waals surface area contributed by atoms with Gasteiger partial charge in [-0.05, 0) is 0 Å². The zero-order valence-electron chi connectivity index (χ0n) is 5.28. The van der Waals surface area contributed by atoms with Crippen LogP contribution < -0.4 is 28.7 Å². The van der Waals surface area contributed by atoms with Crippen LogP contribution in [0.3, 0.4) is 0 Å². The molecule has 10 heavy (non-hydrogen) atoms. The van der Waals surface area contributed by atoms with Gasteiger partial charge in [0.15, 0.2) is 0 Å². The quantitative estimate of drug-likeness (QED) is 0.223. The van der Waals surface area contributed by atoms with Gasteiger partial charge in [-0.3, -0.25) is 38.1 Å². The van der Waals surface area contributed by atoms with E-state index in [1.807, 2.05) is 0 Å². The van der Waals surface area contributed by atoms with Gasteiger partial charge < -0.3 is 0 Å². The summed E-state index contributed by atoms with van der Waals surface area (Å²) in [4.78, 5) is 0. The van der Waals surface area contributed by atoms with Gasteiger partial charge in [0.2, 0.25) is 18.1 Å². The Hall–Kier alpha value is -0.280. The molecule has 1 aliphatic rings. The van der Waals surface area contributed by atoms with Crippen LogP contribution in [-0.4, -0.2) is 18.1 Å². The van der Waals surface area contributed by atoms with Crippen LogP contribution in [0.25, 0.3) is 0 Å². The first-order chi connectivity index (χ1) is 4.35. The molecule has 60 valence electrons. The summed E-state index contributed by atoms with van der Waals surface area (Å²) in [6.07, 6.45) is -1.06. The van der Waals surface area contributed by atoms with Crippen molar-refractivity contribution in [2.24, 2.45) is 28.7 Å². The van der Waals surface area contributed by atoms with Crippen LogP contribution >= 0.6 is 0 Å². The molecule has 0 aromatic carbocycles. The highest BCUT2D eigenvalue weighted by atomic mass is 16.8. The Morgan fingerprint density at radius 2 is 1.20 bits per heavy atom. The molecule has 0 aromatic heterocycles. The van der Waals surface area contributed by atoms with Gasteiger partial charge >= 0.3 is 0 Å². The van der Waals surface area contributed by atoms with Gasteiger partial charge in [0.1, 0.15) is 0 Å². The molecule has 0 bridgehead atoms. The number of nitrogens with two attached hydrogens (primary N) is 5. The third kappa shape index (κ3) is 0.995. The van der Waals surface area contributed by atoms with Crippen LogP contribution in [-0.2, 0) is 9.47 Å². The Labute approximate surface area is 57.4 Å². The van der Waals surface area contributed by atoms with E-state index in [9.17, 15) is 0 Å². The van der Waals surface area contributed by atoms with Gasteiger partial charge in [-0.2, -0.15) is 0 Å². The molecule has 1 heterocycles. The van der Waals surface area contributed by atoms with Crippen molar-refractivity contribution in [3.63, 3.8) is 0 Å². The van der Waals surface area contributed by atoms with Crippen LogP contribution in [0.4, 0.5) is 0 Å². The van der Waals surface area contributed by atoms with Crippen molar-refractivity contribution in [2.45, 2.75) is 18.1 Å². The molecule has 0 amide bonds. The molecule has 1 fully saturated rings. The second kappa shape index (κ2) is 1.86.